The highest BCUT2D eigenvalue weighted by Gasteiger charge is 2.11. The number of ether oxygens (including phenoxy) is 1. The summed E-state index contributed by atoms with van der Waals surface area (Å²) in [7, 11) is 1.53. The van der Waals surface area contributed by atoms with E-state index in [4.69, 9.17) is 4.74 Å². The smallest absolute Gasteiger partial charge is 0.266 e. The van der Waals surface area contributed by atoms with E-state index < -0.39 is 5.91 Å². The van der Waals surface area contributed by atoms with Crippen molar-refractivity contribution in [3.8, 4) is 17.6 Å². The maximum absolute atomic E-state index is 12.2. The van der Waals surface area contributed by atoms with Crippen molar-refractivity contribution in [2.24, 2.45) is 0 Å². The summed E-state index contributed by atoms with van der Waals surface area (Å²) in [5.74, 6) is 0.00480. The lowest BCUT2D eigenvalue weighted by molar-refractivity contribution is -0.112. The van der Waals surface area contributed by atoms with Gasteiger partial charge in [0.15, 0.2) is 0 Å². The average Bonchev–Trinajstić information content (AvgIpc) is 2.55. The van der Waals surface area contributed by atoms with E-state index >= 15 is 0 Å². The molecule has 0 bridgehead atoms. The summed E-state index contributed by atoms with van der Waals surface area (Å²) in [6.45, 7) is 0. The molecule has 2 aromatic carbocycles. The summed E-state index contributed by atoms with van der Waals surface area (Å²) in [6, 6.07) is 13.4. The second-order valence-corrected chi connectivity index (χ2v) is 5.47. The lowest BCUT2D eigenvalue weighted by atomic mass is 10.1. The van der Waals surface area contributed by atoms with Crippen LogP contribution < -0.4 is 10.1 Å². The van der Waals surface area contributed by atoms with Crippen LogP contribution in [-0.4, -0.2) is 18.1 Å². The number of nitrogens with zero attached hydrogens (tertiary/aromatic N) is 1. The molecule has 0 fully saturated rings. The molecule has 0 saturated carbocycles. The summed E-state index contributed by atoms with van der Waals surface area (Å²) >= 11 is 3.28. The molecule has 5 nitrogen and oxygen atoms in total. The van der Waals surface area contributed by atoms with Gasteiger partial charge in [-0.05, 0) is 36.4 Å². The molecule has 116 valence electrons. The molecule has 0 atom stereocenters. The van der Waals surface area contributed by atoms with Crippen LogP contribution in [0.1, 0.15) is 5.56 Å². The zero-order valence-corrected chi connectivity index (χ0v) is 13.8. The van der Waals surface area contributed by atoms with Crippen LogP contribution in [0.2, 0.25) is 0 Å². The van der Waals surface area contributed by atoms with E-state index in [0.717, 1.165) is 4.47 Å². The van der Waals surface area contributed by atoms with E-state index in [0.29, 0.717) is 17.0 Å². The third kappa shape index (κ3) is 4.34. The van der Waals surface area contributed by atoms with Gasteiger partial charge in [-0.2, -0.15) is 5.26 Å². The number of aromatic hydroxyl groups is 1. The van der Waals surface area contributed by atoms with Crippen molar-refractivity contribution in [3.05, 3.63) is 58.1 Å². The summed E-state index contributed by atoms with van der Waals surface area (Å²) in [5, 5.41) is 21.6. The average molecular weight is 373 g/mol. The molecule has 0 heterocycles. The van der Waals surface area contributed by atoms with Gasteiger partial charge < -0.3 is 15.2 Å². The van der Waals surface area contributed by atoms with Crippen molar-refractivity contribution >= 4 is 33.6 Å². The normalized spacial score (nSPS) is 10.7. The Morgan fingerprint density at radius 3 is 2.83 bits per heavy atom. The Morgan fingerprint density at radius 1 is 1.35 bits per heavy atom. The maximum Gasteiger partial charge on any atom is 0.266 e. The molecule has 0 aliphatic heterocycles. The molecule has 2 aromatic rings. The zero-order valence-electron chi connectivity index (χ0n) is 12.2. The highest BCUT2D eigenvalue weighted by Crippen LogP contribution is 2.24. The standard InChI is InChI=1S/C17H13BrN2O3/c1-23-15-4-2-3-14(9-15)20-17(22)12(10-19)7-11-8-13(18)5-6-16(11)21/h2-9,21H,1H3,(H,20,22)/b12-7+. The molecule has 23 heavy (non-hydrogen) atoms. The first-order chi connectivity index (χ1) is 11.0. The molecule has 0 radical (unpaired) electrons. The number of hydrogen-bond acceptors (Lipinski definition) is 4. The van der Waals surface area contributed by atoms with Gasteiger partial charge in [0.1, 0.15) is 23.1 Å². The van der Waals surface area contributed by atoms with Crippen molar-refractivity contribution < 1.29 is 14.6 Å². The fourth-order valence-corrected chi connectivity index (χ4v) is 2.22. The molecule has 6 heteroatoms. The lowest BCUT2D eigenvalue weighted by Crippen LogP contribution is -2.13. The highest BCUT2D eigenvalue weighted by molar-refractivity contribution is 9.10. The number of rotatable bonds is 4. The van der Waals surface area contributed by atoms with Crippen LogP contribution in [0.3, 0.4) is 0 Å². The minimum atomic E-state index is -0.569. The Hall–Kier alpha value is -2.78. The van der Waals surface area contributed by atoms with Crippen LogP contribution in [0.15, 0.2) is 52.5 Å². The van der Waals surface area contributed by atoms with E-state index in [2.05, 4.69) is 21.2 Å². The number of methoxy groups -OCH3 is 1. The summed E-state index contributed by atoms with van der Waals surface area (Å²) in [6.07, 6.45) is 1.33. The van der Waals surface area contributed by atoms with Crippen LogP contribution in [-0.2, 0) is 4.79 Å². The van der Waals surface area contributed by atoms with Crippen LogP contribution in [0.25, 0.3) is 6.08 Å². The molecule has 0 unspecified atom stereocenters. The SMILES string of the molecule is COc1cccc(NC(=O)/C(C#N)=C/c2cc(Br)ccc2O)c1. The Balaban J connectivity index is 2.26. The number of benzene rings is 2. The molecule has 0 aliphatic rings. The van der Waals surface area contributed by atoms with Gasteiger partial charge in [0.05, 0.1) is 7.11 Å². The predicted octanol–water partition coefficient (Wildman–Crippen LogP) is 3.71. The Morgan fingerprint density at radius 2 is 2.13 bits per heavy atom. The predicted molar refractivity (Wildman–Crippen MR) is 91.0 cm³/mol. The first kappa shape index (κ1) is 16.6. The number of carbonyl (C=O) groups excluding carboxylic acids is 1. The van der Waals surface area contributed by atoms with Crippen molar-refractivity contribution in [3.63, 3.8) is 0 Å². The fraction of sp³-hybridized carbons (Fsp3) is 0.0588. The topological polar surface area (TPSA) is 82.3 Å². The number of anilines is 1. The second-order valence-electron chi connectivity index (χ2n) is 4.56. The Kier molecular flexibility index (Phi) is 5.39. The molecule has 0 aliphatic carbocycles. The first-order valence-corrected chi connectivity index (χ1v) is 7.38. The molecule has 0 aromatic heterocycles. The number of phenols is 1. The number of halogens is 1. The minimum Gasteiger partial charge on any atom is -0.507 e. The van der Waals surface area contributed by atoms with E-state index in [1.165, 1.54) is 19.3 Å². The lowest BCUT2D eigenvalue weighted by Gasteiger charge is -2.07. The van der Waals surface area contributed by atoms with Gasteiger partial charge in [0.25, 0.3) is 5.91 Å². The fourth-order valence-electron chi connectivity index (χ4n) is 1.84. The monoisotopic (exact) mass is 372 g/mol. The molecule has 2 rings (SSSR count). The Bertz CT molecular complexity index is 810. The number of nitriles is 1. The third-order valence-electron chi connectivity index (χ3n) is 2.98. The number of nitrogens with one attached hydrogen (secondary N) is 1. The number of hydrogen-bond donors (Lipinski definition) is 2. The summed E-state index contributed by atoms with van der Waals surface area (Å²) < 4.78 is 5.81. The largest absolute Gasteiger partial charge is 0.507 e. The van der Waals surface area contributed by atoms with Gasteiger partial charge in [-0.3, -0.25) is 4.79 Å². The van der Waals surface area contributed by atoms with Crippen molar-refractivity contribution in [1.29, 1.82) is 5.26 Å². The van der Waals surface area contributed by atoms with Gasteiger partial charge in [-0.25, -0.2) is 0 Å². The van der Waals surface area contributed by atoms with Gasteiger partial charge >= 0.3 is 0 Å². The summed E-state index contributed by atoms with van der Waals surface area (Å²) in [4.78, 5) is 12.2. The zero-order chi connectivity index (χ0) is 16.8. The first-order valence-electron chi connectivity index (χ1n) is 6.59. The molecule has 2 N–H and O–H groups in total. The van der Waals surface area contributed by atoms with Gasteiger partial charge in [0, 0.05) is 21.8 Å². The second kappa shape index (κ2) is 7.47. The van der Waals surface area contributed by atoms with E-state index in [9.17, 15) is 15.2 Å². The highest BCUT2D eigenvalue weighted by atomic mass is 79.9. The molecular weight excluding hydrogens is 360 g/mol. The van der Waals surface area contributed by atoms with Gasteiger partial charge in [0.2, 0.25) is 0 Å². The van der Waals surface area contributed by atoms with E-state index in [1.807, 2.05) is 6.07 Å². The van der Waals surface area contributed by atoms with Gasteiger partial charge in [-0.15, -0.1) is 0 Å². The number of amides is 1. The molecule has 0 spiro atoms. The summed E-state index contributed by atoms with van der Waals surface area (Å²) in [5.41, 5.74) is 0.756. The number of carbonyl (C=O) groups is 1. The van der Waals surface area contributed by atoms with Crippen LogP contribution >= 0.6 is 15.9 Å². The molecular formula is C17H13BrN2O3. The Labute approximate surface area is 142 Å². The third-order valence-corrected chi connectivity index (χ3v) is 3.48. The maximum atomic E-state index is 12.2. The molecule has 1 amide bonds. The number of phenolic OH excluding ortho intramolecular Hbond substituents is 1. The van der Waals surface area contributed by atoms with E-state index in [1.54, 1.807) is 36.4 Å². The van der Waals surface area contributed by atoms with Crippen LogP contribution in [0, 0.1) is 11.3 Å². The molecule has 0 saturated heterocycles. The van der Waals surface area contributed by atoms with Crippen molar-refractivity contribution in [1.82, 2.24) is 0 Å². The van der Waals surface area contributed by atoms with E-state index in [-0.39, 0.29) is 11.3 Å². The minimum absolute atomic E-state index is 0.0184. The van der Waals surface area contributed by atoms with Crippen molar-refractivity contribution in [2.75, 3.05) is 12.4 Å². The van der Waals surface area contributed by atoms with Gasteiger partial charge in [-0.1, -0.05) is 22.0 Å². The van der Waals surface area contributed by atoms with Crippen LogP contribution in [0.4, 0.5) is 5.69 Å². The quantitative estimate of drug-likeness (QED) is 0.632. The van der Waals surface area contributed by atoms with Crippen molar-refractivity contribution in [2.45, 2.75) is 0 Å². The van der Waals surface area contributed by atoms with Crippen LogP contribution in [0.5, 0.6) is 11.5 Å².